The number of benzene rings is 3. The van der Waals surface area contributed by atoms with Crippen molar-refractivity contribution in [2.75, 3.05) is 4.90 Å². The molecule has 6 nitrogen and oxygen atoms in total. The number of amides is 3. The summed E-state index contributed by atoms with van der Waals surface area (Å²) in [4.78, 5) is 31.8. The summed E-state index contributed by atoms with van der Waals surface area (Å²) in [7, 11) is 0. The van der Waals surface area contributed by atoms with Gasteiger partial charge in [0, 0.05) is 18.2 Å². The van der Waals surface area contributed by atoms with E-state index in [0.717, 1.165) is 53.0 Å². The van der Waals surface area contributed by atoms with E-state index in [4.69, 9.17) is 5.73 Å². The minimum atomic E-state index is -0.869. The number of nitrogens with two attached hydrogens (primary N) is 1. The SMILES string of the molecule is Cc1ccc(C2CC2)cc1N(C(N)=O)c1nc(-c2ccc(F)cc2F)c(C(=O)NCc2ccccc2)s1. The van der Waals surface area contributed by atoms with Gasteiger partial charge in [0.15, 0.2) is 5.13 Å². The van der Waals surface area contributed by atoms with Crippen LogP contribution in [0.5, 0.6) is 0 Å². The van der Waals surface area contributed by atoms with Crippen LogP contribution in [0.2, 0.25) is 0 Å². The molecular formula is C28H24F2N4O2S. The Morgan fingerprint density at radius 1 is 1.08 bits per heavy atom. The van der Waals surface area contributed by atoms with Gasteiger partial charge in [0.1, 0.15) is 16.5 Å². The van der Waals surface area contributed by atoms with Crippen molar-refractivity contribution in [1.82, 2.24) is 10.3 Å². The van der Waals surface area contributed by atoms with Crippen molar-refractivity contribution >= 4 is 34.1 Å². The number of carbonyl (C=O) groups excluding carboxylic acids is 2. The molecule has 5 rings (SSSR count). The average Bonchev–Trinajstić information content (AvgIpc) is 3.64. The lowest BCUT2D eigenvalue weighted by Crippen LogP contribution is -2.32. The lowest BCUT2D eigenvalue weighted by atomic mass is 10.1. The molecule has 0 bridgehead atoms. The standard InChI is InChI=1S/C28H24F2N4O2S/c1-16-7-8-19(18-9-10-18)13-23(16)34(27(31)36)28-33-24(21-12-11-20(29)14-22(21)30)25(37-28)26(35)32-15-17-5-3-2-4-6-17/h2-8,11-14,18H,9-10,15H2,1H3,(H2,31,36)(H,32,35). The average molecular weight is 519 g/mol. The molecule has 0 unspecified atom stereocenters. The number of anilines is 2. The van der Waals surface area contributed by atoms with Crippen LogP contribution < -0.4 is 16.0 Å². The van der Waals surface area contributed by atoms with Crippen LogP contribution in [0.3, 0.4) is 0 Å². The molecular weight excluding hydrogens is 494 g/mol. The van der Waals surface area contributed by atoms with E-state index in [-0.39, 0.29) is 27.8 Å². The molecule has 1 heterocycles. The van der Waals surface area contributed by atoms with E-state index in [1.54, 1.807) is 0 Å². The van der Waals surface area contributed by atoms with Gasteiger partial charge in [0.05, 0.1) is 11.4 Å². The number of primary amides is 1. The molecule has 37 heavy (non-hydrogen) atoms. The molecule has 9 heteroatoms. The molecule has 0 spiro atoms. The molecule has 3 amide bonds. The number of carbonyl (C=O) groups is 2. The Morgan fingerprint density at radius 3 is 2.51 bits per heavy atom. The number of aromatic nitrogens is 1. The third-order valence-electron chi connectivity index (χ3n) is 6.24. The minimum absolute atomic E-state index is 0.00492. The third-order valence-corrected chi connectivity index (χ3v) is 7.28. The zero-order chi connectivity index (χ0) is 26.1. The number of hydrogen-bond donors (Lipinski definition) is 2. The molecule has 0 radical (unpaired) electrons. The summed E-state index contributed by atoms with van der Waals surface area (Å²) in [6.07, 6.45) is 2.16. The van der Waals surface area contributed by atoms with E-state index in [9.17, 15) is 18.4 Å². The summed E-state index contributed by atoms with van der Waals surface area (Å²) >= 11 is 0.922. The molecule has 1 fully saturated rings. The van der Waals surface area contributed by atoms with Gasteiger partial charge in [-0.05, 0) is 60.6 Å². The highest BCUT2D eigenvalue weighted by Gasteiger charge is 2.29. The highest BCUT2D eigenvalue weighted by Crippen LogP contribution is 2.43. The fraction of sp³-hybridized carbons (Fsp3) is 0.179. The van der Waals surface area contributed by atoms with E-state index >= 15 is 0 Å². The lowest BCUT2D eigenvalue weighted by molar-refractivity contribution is 0.0955. The van der Waals surface area contributed by atoms with Gasteiger partial charge in [-0.3, -0.25) is 4.79 Å². The second kappa shape index (κ2) is 10.1. The maximum atomic E-state index is 14.8. The van der Waals surface area contributed by atoms with Crippen LogP contribution in [0, 0.1) is 18.6 Å². The Labute approximate surface area is 216 Å². The van der Waals surface area contributed by atoms with Crippen LogP contribution in [0.1, 0.15) is 45.1 Å². The molecule has 3 aromatic carbocycles. The van der Waals surface area contributed by atoms with E-state index in [0.29, 0.717) is 11.6 Å². The first-order chi connectivity index (χ1) is 17.8. The number of nitrogens with zero attached hydrogens (tertiary/aromatic N) is 2. The van der Waals surface area contributed by atoms with Gasteiger partial charge in [-0.1, -0.05) is 53.8 Å². The highest BCUT2D eigenvalue weighted by atomic mass is 32.1. The number of urea groups is 1. The molecule has 0 atom stereocenters. The van der Waals surface area contributed by atoms with Crippen LogP contribution in [-0.4, -0.2) is 16.9 Å². The Morgan fingerprint density at radius 2 is 1.84 bits per heavy atom. The third kappa shape index (κ3) is 5.22. The largest absolute Gasteiger partial charge is 0.351 e. The van der Waals surface area contributed by atoms with Crippen LogP contribution in [0.15, 0.2) is 66.7 Å². The first-order valence-corrected chi connectivity index (χ1v) is 12.6. The maximum Gasteiger partial charge on any atom is 0.325 e. The van der Waals surface area contributed by atoms with Gasteiger partial charge < -0.3 is 11.1 Å². The van der Waals surface area contributed by atoms with Crippen LogP contribution in [-0.2, 0) is 6.54 Å². The molecule has 4 aromatic rings. The van der Waals surface area contributed by atoms with E-state index in [2.05, 4.69) is 10.3 Å². The number of aryl methyl sites for hydroxylation is 1. The summed E-state index contributed by atoms with van der Waals surface area (Å²) in [6.45, 7) is 2.09. The van der Waals surface area contributed by atoms with Gasteiger partial charge in [-0.15, -0.1) is 0 Å². The molecule has 0 saturated heterocycles. The zero-order valence-corrected chi connectivity index (χ0v) is 20.8. The highest BCUT2D eigenvalue weighted by molar-refractivity contribution is 7.18. The smallest absolute Gasteiger partial charge is 0.325 e. The van der Waals surface area contributed by atoms with Gasteiger partial charge in [-0.25, -0.2) is 23.5 Å². The monoisotopic (exact) mass is 518 g/mol. The van der Waals surface area contributed by atoms with Gasteiger partial charge in [0.25, 0.3) is 5.91 Å². The lowest BCUT2D eigenvalue weighted by Gasteiger charge is -2.20. The van der Waals surface area contributed by atoms with E-state index in [1.165, 1.54) is 11.0 Å². The molecule has 3 N–H and O–H groups in total. The Hall–Kier alpha value is -4.11. The Bertz CT molecular complexity index is 1490. The van der Waals surface area contributed by atoms with Crippen molar-refractivity contribution in [3.8, 4) is 11.3 Å². The Kier molecular flexibility index (Phi) is 6.71. The number of rotatable bonds is 7. The minimum Gasteiger partial charge on any atom is -0.351 e. The summed E-state index contributed by atoms with van der Waals surface area (Å²) in [6, 6.07) is 17.4. The van der Waals surface area contributed by atoms with Crippen LogP contribution in [0.4, 0.5) is 24.4 Å². The molecule has 1 aromatic heterocycles. The first kappa shape index (κ1) is 24.6. The van der Waals surface area contributed by atoms with Crippen molar-refractivity contribution in [2.24, 2.45) is 5.73 Å². The van der Waals surface area contributed by atoms with Crippen molar-refractivity contribution in [3.05, 3.63) is 99.9 Å². The van der Waals surface area contributed by atoms with E-state index < -0.39 is 23.6 Å². The quantitative estimate of drug-likeness (QED) is 0.296. The van der Waals surface area contributed by atoms with Crippen molar-refractivity contribution < 1.29 is 18.4 Å². The molecule has 1 saturated carbocycles. The van der Waals surface area contributed by atoms with Crippen molar-refractivity contribution in [1.29, 1.82) is 0 Å². The van der Waals surface area contributed by atoms with Crippen LogP contribution in [0.25, 0.3) is 11.3 Å². The molecule has 1 aliphatic carbocycles. The predicted octanol–water partition coefficient (Wildman–Crippen LogP) is 6.42. The van der Waals surface area contributed by atoms with Crippen molar-refractivity contribution in [2.45, 2.75) is 32.2 Å². The number of halogens is 2. The van der Waals surface area contributed by atoms with Gasteiger partial charge in [0.2, 0.25) is 0 Å². The van der Waals surface area contributed by atoms with Crippen LogP contribution >= 0.6 is 11.3 Å². The molecule has 1 aliphatic rings. The first-order valence-electron chi connectivity index (χ1n) is 11.8. The fourth-order valence-corrected chi connectivity index (χ4v) is 5.15. The van der Waals surface area contributed by atoms with E-state index in [1.807, 2.05) is 55.5 Å². The summed E-state index contributed by atoms with van der Waals surface area (Å²) in [5.41, 5.74) is 9.06. The maximum absolute atomic E-state index is 14.8. The molecule has 188 valence electrons. The number of hydrogen-bond acceptors (Lipinski definition) is 4. The Balaban J connectivity index is 1.58. The van der Waals surface area contributed by atoms with Gasteiger partial charge in [-0.2, -0.15) is 0 Å². The second-order valence-corrected chi connectivity index (χ2v) is 9.94. The summed E-state index contributed by atoms with van der Waals surface area (Å²) in [5.74, 6) is -1.68. The van der Waals surface area contributed by atoms with Crippen molar-refractivity contribution in [3.63, 3.8) is 0 Å². The summed E-state index contributed by atoms with van der Waals surface area (Å²) < 4.78 is 28.5. The summed E-state index contributed by atoms with van der Waals surface area (Å²) in [5, 5.41) is 2.94. The normalized spacial score (nSPS) is 12.8. The second-order valence-electron chi connectivity index (χ2n) is 8.96. The number of thiazole rings is 1. The fourth-order valence-electron chi connectivity index (χ4n) is 4.13. The predicted molar refractivity (Wildman–Crippen MR) is 140 cm³/mol. The van der Waals surface area contributed by atoms with Gasteiger partial charge >= 0.3 is 6.03 Å². The molecule has 0 aliphatic heterocycles. The number of nitrogens with one attached hydrogen (secondary N) is 1. The topological polar surface area (TPSA) is 88.3 Å². The zero-order valence-electron chi connectivity index (χ0n) is 20.0.